The molecule has 0 unspecified atom stereocenters. The Labute approximate surface area is 114 Å². The second-order valence-electron chi connectivity index (χ2n) is 5.43. The quantitative estimate of drug-likeness (QED) is 0.771. The number of primary amides is 1. The van der Waals surface area contributed by atoms with Crippen molar-refractivity contribution < 1.29 is 9.59 Å². The summed E-state index contributed by atoms with van der Waals surface area (Å²) in [6.45, 7) is 6.42. The van der Waals surface area contributed by atoms with Gasteiger partial charge >= 0.3 is 6.03 Å². The van der Waals surface area contributed by atoms with Crippen LogP contribution in [0, 0.1) is 0 Å². The minimum Gasteiger partial charge on any atom is -0.368 e. The van der Waals surface area contributed by atoms with E-state index in [2.05, 4.69) is 0 Å². The minimum atomic E-state index is -0.296. The SMILES string of the molecule is C[C@H](C(N)=O)N1CCN(C(=O)N2CCCCC2)CC1. The number of hydrogen-bond acceptors (Lipinski definition) is 3. The van der Waals surface area contributed by atoms with E-state index in [-0.39, 0.29) is 18.0 Å². The van der Waals surface area contributed by atoms with Gasteiger partial charge in [-0.3, -0.25) is 9.69 Å². The number of nitrogens with two attached hydrogens (primary N) is 1. The Hall–Kier alpha value is -1.30. The molecule has 2 heterocycles. The highest BCUT2D eigenvalue weighted by molar-refractivity contribution is 5.79. The number of urea groups is 1. The van der Waals surface area contributed by atoms with Crippen LogP contribution in [0.3, 0.4) is 0 Å². The zero-order valence-electron chi connectivity index (χ0n) is 11.7. The van der Waals surface area contributed by atoms with Gasteiger partial charge in [0.1, 0.15) is 0 Å². The van der Waals surface area contributed by atoms with E-state index in [0.29, 0.717) is 13.1 Å². The van der Waals surface area contributed by atoms with E-state index in [4.69, 9.17) is 5.73 Å². The third-order valence-electron chi connectivity index (χ3n) is 4.17. The molecule has 0 aliphatic carbocycles. The van der Waals surface area contributed by atoms with E-state index < -0.39 is 0 Å². The van der Waals surface area contributed by atoms with Crippen LogP contribution in [0.4, 0.5) is 4.79 Å². The molecule has 0 aromatic rings. The van der Waals surface area contributed by atoms with Gasteiger partial charge in [-0.2, -0.15) is 0 Å². The van der Waals surface area contributed by atoms with Crippen molar-refractivity contribution in [1.29, 1.82) is 0 Å². The first kappa shape index (κ1) is 14.1. The monoisotopic (exact) mass is 268 g/mol. The zero-order chi connectivity index (χ0) is 13.8. The molecular weight excluding hydrogens is 244 g/mol. The van der Waals surface area contributed by atoms with Gasteiger partial charge in [0.25, 0.3) is 0 Å². The molecule has 2 rings (SSSR count). The summed E-state index contributed by atoms with van der Waals surface area (Å²) in [5.41, 5.74) is 5.31. The third-order valence-corrected chi connectivity index (χ3v) is 4.17. The second kappa shape index (κ2) is 6.23. The van der Waals surface area contributed by atoms with E-state index >= 15 is 0 Å². The fraction of sp³-hybridized carbons (Fsp3) is 0.846. The lowest BCUT2D eigenvalue weighted by Gasteiger charge is -2.39. The molecule has 0 bridgehead atoms. The average Bonchev–Trinajstić information content (AvgIpc) is 2.46. The first-order valence-corrected chi connectivity index (χ1v) is 7.17. The van der Waals surface area contributed by atoms with Crippen LogP contribution in [0.1, 0.15) is 26.2 Å². The molecule has 1 atom stereocenters. The number of amides is 3. The Morgan fingerprint density at radius 2 is 1.42 bits per heavy atom. The van der Waals surface area contributed by atoms with Gasteiger partial charge in [0, 0.05) is 39.3 Å². The van der Waals surface area contributed by atoms with Crippen molar-refractivity contribution in [2.45, 2.75) is 32.2 Å². The molecule has 3 amide bonds. The molecule has 2 saturated heterocycles. The lowest BCUT2D eigenvalue weighted by molar-refractivity contribution is -0.123. The molecule has 2 aliphatic rings. The first-order valence-electron chi connectivity index (χ1n) is 7.17. The smallest absolute Gasteiger partial charge is 0.320 e. The number of nitrogens with zero attached hydrogens (tertiary/aromatic N) is 3. The van der Waals surface area contributed by atoms with Gasteiger partial charge < -0.3 is 15.5 Å². The summed E-state index contributed by atoms with van der Waals surface area (Å²) in [4.78, 5) is 29.4. The van der Waals surface area contributed by atoms with Gasteiger partial charge in [0.05, 0.1) is 6.04 Å². The van der Waals surface area contributed by atoms with Crippen LogP contribution in [0.2, 0.25) is 0 Å². The molecule has 2 aliphatic heterocycles. The van der Waals surface area contributed by atoms with Crippen molar-refractivity contribution in [2.24, 2.45) is 5.73 Å². The number of carbonyl (C=O) groups excluding carboxylic acids is 2. The van der Waals surface area contributed by atoms with Crippen molar-refractivity contribution in [3.05, 3.63) is 0 Å². The number of piperidine rings is 1. The number of likely N-dealkylation sites (tertiary alicyclic amines) is 1. The van der Waals surface area contributed by atoms with Crippen LogP contribution in [0.15, 0.2) is 0 Å². The second-order valence-corrected chi connectivity index (χ2v) is 5.43. The Kier molecular flexibility index (Phi) is 4.63. The Bertz CT molecular complexity index is 334. The maximum Gasteiger partial charge on any atom is 0.320 e. The van der Waals surface area contributed by atoms with E-state index in [0.717, 1.165) is 39.0 Å². The van der Waals surface area contributed by atoms with Crippen molar-refractivity contribution in [3.8, 4) is 0 Å². The van der Waals surface area contributed by atoms with Gasteiger partial charge in [-0.25, -0.2) is 4.79 Å². The predicted molar refractivity (Wildman–Crippen MR) is 72.6 cm³/mol. The van der Waals surface area contributed by atoms with Crippen molar-refractivity contribution in [2.75, 3.05) is 39.3 Å². The highest BCUT2D eigenvalue weighted by atomic mass is 16.2. The number of carbonyl (C=O) groups is 2. The van der Waals surface area contributed by atoms with Crippen LogP contribution >= 0.6 is 0 Å². The molecule has 0 aromatic carbocycles. The Morgan fingerprint density at radius 3 is 1.95 bits per heavy atom. The predicted octanol–water partition coefficient (Wildman–Crippen LogP) is 0.0837. The molecule has 2 N–H and O–H groups in total. The molecule has 0 saturated carbocycles. The summed E-state index contributed by atoms with van der Waals surface area (Å²) in [7, 11) is 0. The van der Waals surface area contributed by atoms with E-state index in [1.54, 1.807) is 0 Å². The number of rotatable bonds is 2. The lowest BCUT2D eigenvalue weighted by atomic mass is 10.1. The van der Waals surface area contributed by atoms with Crippen molar-refractivity contribution in [1.82, 2.24) is 14.7 Å². The molecule has 6 heteroatoms. The summed E-state index contributed by atoms with van der Waals surface area (Å²) in [5, 5.41) is 0. The molecule has 6 nitrogen and oxygen atoms in total. The third kappa shape index (κ3) is 3.37. The summed E-state index contributed by atoms with van der Waals surface area (Å²) in [6.07, 6.45) is 3.46. The molecular formula is C13H24N4O2. The van der Waals surface area contributed by atoms with Gasteiger partial charge in [0.15, 0.2) is 0 Å². The lowest BCUT2D eigenvalue weighted by Crippen LogP contribution is -2.56. The van der Waals surface area contributed by atoms with E-state index in [1.165, 1.54) is 6.42 Å². The van der Waals surface area contributed by atoms with Crippen LogP contribution < -0.4 is 5.73 Å². The average molecular weight is 268 g/mol. The standard InChI is InChI=1S/C13H24N4O2/c1-11(12(14)18)15-7-9-17(10-8-15)13(19)16-5-3-2-4-6-16/h11H,2-10H2,1H3,(H2,14,18)/t11-/m1/s1. The maximum absolute atomic E-state index is 12.3. The largest absolute Gasteiger partial charge is 0.368 e. The Morgan fingerprint density at radius 1 is 0.895 bits per heavy atom. The van der Waals surface area contributed by atoms with Gasteiger partial charge in [0.2, 0.25) is 5.91 Å². The normalized spacial score (nSPS) is 23.2. The summed E-state index contributed by atoms with van der Waals surface area (Å²) < 4.78 is 0. The maximum atomic E-state index is 12.3. The van der Waals surface area contributed by atoms with Crippen molar-refractivity contribution in [3.63, 3.8) is 0 Å². The fourth-order valence-corrected chi connectivity index (χ4v) is 2.77. The zero-order valence-corrected chi connectivity index (χ0v) is 11.7. The molecule has 2 fully saturated rings. The number of piperazine rings is 1. The highest BCUT2D eigenvalue weighted by Crippen LogP contribution is 2.13. The molecule has 19 heavy (non-hydrogen) atoms. The topological polar surface area (TPSA) is 69.9 Å². The van der Waals surface area contributed by atoms with Gasteiger partial charge in [-0.15, -0.1) is 0 Å². The van der Waals surface area contributed by atoms with Crippen LogP contribution in [0.5, 0.6) is 0 Å². The summed E-state index contributed by atoms with van der Waals surface area (Å²) in [6, 6.07) is -0.0849. The Balaban J connectivity index is 1.82. The minimum absolute atomic E-state index is 0.158. The van der Waals surface area contributed by atoms with Crippen molar-refractivity contribution >= 4 is 11.9 Å². The molecule has 0 spiro atoms. The molecule has 0 aromatic heterocycles. The summed E-state index contributed by atoms with van der Waals surface area (Å²) >= 11 is 0. The van der Waals surface area contributed by atoms with E-state index in [9.17, 15) is 9.59 Å². The molecule has 0 radical (unpaired) electrons. The first-order chi connectivity index (χ1) is 9.09. The number of hydrogen-bond donors (Lipinski definition) is 1. The van der Waals surface area contributed by atoms with Gasteiger partial charge in [-0.05, 0) is 26.2 Å². The summed E-state index contributed by atoms with van der Waals surface area (Å²) in [5.74, 6) is -0.296. The van der Waals surface area contributed by atoms with E-state index in [1.807, 2.05) is 21.6 Å². The van der Waals surface area contributed by atoms with Crippen LogP contribution in [0.25, 0.3) is 0 Å². The fourth-order valence-electron chi connectivity index (χ4n) is 2.77. The van der Waals surface area contributed by atoms with Crippen LogP contribution in [-0.4, -0.2) is 71.9 Å². The van der Waals surface area contributed by atoms with Gasteiger partial charge in [-0.1, -0.05) is 0 Å². The van der Waals surface area contributed by atoms with Crippen LogP contribution in [-0.2, 0) is 4.79 Å². The molecule has 108 valence electrons. The highest BCUT2D eigenvalue weighted by Gasteiger charge is 2.28.